The Labute approximate surface area is 145 Å². The maximum absolute atomic E-state index is 12.8. The van der Waals surface area contributed by atoms with E-state index in [4.69, 9.17) is 16.0 Å². The molecule has 7 heteroatoms. The van der Waals surface area contributed by atoms with Crippen LogP contribution in [0.25, 0.3) is 11.0 Å². The largest absolute Gasteiger partial charge is 0.449 e. The smallest absolute Gasteiger partial charge is 0.289 e. The third kappa shape index (κ3) is 3.12. The number of furan rings is 1. The minimum Gasteiger partial charge on any atom is -0.449 e. The fourth-order valence-electron chi connectivity index (χ4n) is 2.95. The number of likely N-dealkylation sites (N-methyl/N-ethyl adjacent to an activating group) is 1. The number of para-hydroxylation sites is 1. The van der Waals surface area contributed by atoms with Gasteiger partial charge in [-0.05, 0) is 13.0 Å². The Morgan fingerprint density at radius 1 is 1.25 bits per heavy atom. The van der Waals surface area contributed by atoms with E-state index in [0.29, 0.717) is 49.1 Å². The maximum Gasteiger partial charge on any atom is 0.289 e. The minimum absolute atomic E-state index is 0.0162. The van der Waals surface area contributed by atoms with E-state index >= 15 is 0 Å². The van der Waals surface area contributed by atoms with E-state index in [1.807, 2.05) is 24.0 Å². The van der Waals surface area contributed by atoms with E-state index in [2.05, 4.69) is 5.32 Å². The topological polar surface area (TPSA) is 65.8 Å². The Morgan fingerprint density at radius 3 is 2.58 bits per heavy atom. The Morgan fingerprint density at radius 2 is 1.96 bits per heavy atom. The van der Waals surface area contributed by atoms with Crippen LogP contribution in [0.5, 0.6) is 0 Å². The van der Waals surface area contributed by atoms with Crippen LogP contribution in [0, 0.1) is 6.92 Å². The van der Waals surface area contributed by atoms with E-state index in [0.717, 1.165) is 10.9 Å². The molecule has 24 heavy (non-hydrogen) atoms. The van der Waals surface area contributed by atoms with Gasteiger partial charge in [0.15, 0.2) is 11.3 Å². The van der Waals surface area contributed by atoms with Crippen LogP contribution in [-0.4, -0.2) is 61.4 Å². The summed E-state index contributed by atoms with van der Waals surface area (Å²) < 4.78 is 5.75. The molecular formula is C17H20ClN3O3. The summed E-state index contributed by atoms with van der Waals surface area (Å²) in [6.45, 7) is 4.70. The van der Waals surface area contributed by atoms with Gasteiger partial charge in [-0.3, -0.25) is 14.5 Å². The van der Waals surface area contributed by atoms with Crippen molar-refractivity contribution in [2.45, 2.75) is 6.92 Å². The zero-order valence-corrected chi connectivity index (χ0v) is 14.5. The summed E-state index contributed by atoms with van der Waals surface area (Å²) in [6, 6.07) is 5.50. The molecular weight excluding hydrogens is 330 g/mol. The number of rotatable bonds is 3. The van der Waals surface area contributed by atoms with Crippen molar-refractivity contribution in [2.75, 3.05) is 39.8 Å². The van der Waals surface area contributed by atoms with E-state index in [1.165, 1.54) is 0 Å². The van der Waals surface area contributed by atoms with Gasteiger partial charge in [-0.2, -0.15) is 0 Å². The SMILES string of the molecule is CNC(=O)CN1CCN(C(=O)c2oc3c(Cl)cccc3c2C)CC1. The zero-order valence-electron chi connectivity index (χ0n) is 13.8. The highest BCUT2D eigenvalue weighted by atomic mass is 35.5. The van der Waals surface area contributed by atoms with Crippen LogP contribution in [0.15, 0.2) is 22.6 Å². The molecule has 2 heterocycles. The van der Waals surface area contributed by atoms with Crippen LogP contribution < -0.4 is 5.32 Å². The van der Waals surface area contributed by atoms with Crippen LogP contribution in [0.1, 0.15) is 16.1 Å². The Hall–Kier alpha value is -2.05. The van der Waals surface area contributed by atoms with Crippen molar-refractivity contribution in [1.29, 1.82) is 0 Å². The van der Waals surface area contributed by atoms with E-state index in [-0.39, 0.29) is 11.8 Å². The lowest BCUT2D eigenvalue weighted by molar-refractivity contribution is -0.122. The predicted octanol–water partition coefficient (Wildman–Crippen LogP) is 1.90. The number of nitrogens with one attached hydrogen (secondary N) is 1. The fourth-order valence-corrected chi connectivity index (χ4v) is 3.16. The summed E-state index contributed by atoms with van der Waals surface area (Å²) >= 11 is 6.15. The molecule has 1 fully saturated rings. The highest BCUT2D eigenvalue weighted by molar-refractivity contribution is 6.35. The first kappa shape index (κ1) is 16.8. The fraction of sp³-hybridized carbons (Fsp3) is 0.412. The van der Waals surface area contributed by atoms with Crippen molar-refractivity contribution in [3.63, 3.8) is 0 Å². The molecule has 0 atom stereocenters. The van der Waals surface area contributed by atoms with Gasteiger partial charge >= 0.3 is 0 Å². The van der Waals surface area contributed by atoms with Crippen molar-refractivity contribution in [3.05, 3.63) is 34.5 Å². The van der Waals surface area contributed by atoms with Crippen molar-refractivity contribution < 1.29 is 14.0 Å². The van der Waals surface area contributed by atoms with Gasteiger partial charge in [0.25, 0.3) is 5.91 Å². The van der Waals surface area contributed by atoms with Gasteiger partial charge in [0.05, 0.1) is 11.6 Å². The van der Waals surface area contributed by atoms with Crippen molar-refractivity contribution in [2.24, 2.45) is 0 Å². The Kier molecular flexibility index (Phi) is 4.78. The first-order chi connectivity index (χ1) is 11.5. The number of nitrogens with zero attached hydrogens (tertiary/aromatic N) is 2. The summed E-state index contributed by atoms with van der Waals surface area (Å²) in [7, 11) is 1.62. The van der Waals surface area contributed by atoms with E-state index < -0.39 is 0 Å². The van der Waals surface area contributed by atoms with Gasteiger partial charge in [0.1, 0.15) is 0 Å². The molecule has 1 saturated heterocycles. The quantitative estimate of drug-likeness (QED) is 0.919. The van der Waals surface area contributed by atoms with Crippen LogP contribution >= 0.6 is 11.6 Å². The highest BCUT2D eigenvalue weighted by Gasteiger charge is 2.27. The lowest BCUT2D eigenvalue weighted by Gasteiger charge is -2.33. The highest BCUT2D eigenvalue weighted by Crippen LogP contribution is 2.31. The molecule has 1 N–H and O–H groups in total. The molecule has 1 aliphatic heterocycles. The van der Waals surface area contributed by atoms with Crippen LogP contribution in [0.2, 0.25) is 5.02 Å². The number of aryl methyl sites for hydroxylation is 1. The molecule has 1 aromatic carbocycles. The second kappa shape index (κ2) is 6.83. The van der Waals surface area contributed by atoms with Gasteiger partial charge in [0.2, 0.25) is 5.91 Å². The number of halogens is 1. The normalized spacial score (nSPS) is 15.7. The summed E-state index contributed by atoms with van der Waals surface area (Å²) in [5, 5.41) is 3.98. The molecule has 1 aromatic heterocycles. The molecule has 128 valence electrons. The number of hydrogen-bond acceptors (Lipinski definition) is 4. The second-order valence-corrected chi connectivity index (χ2v) is 6.32. The molecule has 6 nitrogen and oxygen atoms in total. The Bertz CT molecular complexity index is 779. The number of carbonyl (C=O) groups excluding carboxylic acids is 2. The van der Waals surface area contributed by atoms with E-state index in [1.54, 1.807) is 18.0 Å². The molecule has 0 saturated carbocycles. The molecule has 2 amide bonds. The van der Waals surface area contributed by atoms with Crippen molar-refractivity contribution in [1.82, 2.24) is 15.1 Å². The molecule has 1 aliphatic rings. The van der Waals surface area contributed by atoms with Crippen LogP contribution in [-0.2, 0) is 4.79 Å². The zero-order chi connectivity index (χ0) is 17.3. The number of fused-ring (bicyclic) bond motifs is 1. The molecule has 0 radical (unpaired) electrons. The van der Waals surface area contributed by atoms with Gasteiger partial charge < -0.3 is 14.6 Å². The third-order valence-corrected chi connectivity index (χ3v) is 4.71. The average Bonchev–Trinajstić information content (AvgIpc) is 2.93. The maximum atomic E-state index is 12.8. The molecule has 0 bridgehead atoms. The number of piperazine rings is 1. The summed E-state index contributed by atoms with van der Waals surface area (Å²) in [4.78, 5) is 28.0. The molecule has 0 unspecified atom stereocenters. The molecule has 3 rings (SSSR count). The van der Waals surface area contributed by atoms with Crippen molar-refractivity contribution in [3.8, 4) is 0 Å². The minimum atomic E-state index is -0.126. The average molecular weight is 350 g/mol. The lowest BCUT2D eigenvalue weighted by atomic mass is 10.1. The lowest BCUT2D eigenvalue weighted by Crippen LogP contribution is -2.50. The van der Waals surface area contributed by atoms with Crippen LogP contribution in [0.3, 0.4) is 0 Å². The number of carbonyl (C=O) groups is 2. The van der Waals surface area contributed by atoms with Gasteiger partial charge in [-0.1, -0.05) is 23.7 Å². The molecule has 0 spiro atoms. The second-order valence-electron chi connectivity index (χ2n) is 5.91. The van der Waals surface area contributed by atoms with Gasteiger partial charge in [0, 0.05) is 44.2 Å². The molecule has 0 aliphatic carbocycles. The summed E-state index contributed by atoms with van der Waals surface area (Å²) in [5.41, 5.74) is 1.36. The monoisotopic (exact) mass is 349 g/mol. The van der Waals surface area contributed by atoms with Gasteiger partial charge in [-0.25, -0.2) is 0 Å². The standard InChI is InChI=1S/C17H20ClN3O3/c1-11-12-4-3-5-13(18)16(12)24-15(11)17(23)21-8-6-20(7-9-21)10-14(22)19-2/h3-5H,6-10H2,1-2H3,(H,19,22). The number of benzene rings is 1. The first-order valence-electron chi connectivity index (χ1n) is 7.91. The van der Waals surface area contributed by atoms with Crippen LogP contribution in [0.4, 0.5) is 0 Å². The summed E-state index contributed by atoms with van der Waals surface area (Å²) in [6.07, 6.45) is 0. The third-order valence-electron chi connectivity index (χ3n) is 4.42. The first-order valence-corrected chi connectivity index (χ1v) is 8.29. The van der Waals surface area contributed by atoms with E-state index in [9.17, 15) is 9.59 Å². The van der Waals surface area contributed by atoms with Crippen molar-refractivity contribution >= 4 is 34.4 Å². The summed E-state index contributed by atoms with van der Waals surface area (Å²) in [5.74, 6) is 0.203. The number of amides is 2. The van der Waals surface area contributed by atoms with Gasteiger partial charge in [-0.15, -0.1) is 0 Å². The predicted molar refractivity (Wildman–Crippen MR) is 92.4 cm³/mol. The Balaban J connectivity index is 1.73. The number of hydrogen-bond donors (Lipinski definition) is 1. The molecule has 2 aromatic rings.